The van der Waals surface area contributed by atoms with Crippen molar-refractivity contribution in [2.45, 2.75) is 6.92 Å². The maximum absolute atomic E-state index is 14.2. The van der Waals surface area contributed by atoms with Gasteiger partial charge in [-0.15, -0.1) is 5.73 Å². The molecule has 0 spiro atoms. The van der Waals surface area contributed by atoms with Crippen LogP contribution < -0.4 is 5.12 Å². The number of anilines is 2. The summed E-state index contributed by atoms with van der Waals surface area (Å²) in [6.07, 6.45) is 1.71. The third-order valence-corrected chi connectivity index (χ3v) is 2.63. The first-order valence-corrected chi connectivity index (χ1v) is 5.69. The van der Waals surface area contributed by atoms with Crippen LogP contribution in [0.2, 0.25) is 0 Å². The molecule has 2 aromatic carbocycles. The summed E-state index contributed by atoms with van der Waals surface area (Å²) in [6.45, 7) is 5.48. The lowest BCUT2D eigenvalue weighted by Crippen LogP contribution is -2.03. The average Bonchev–Trinajstić information content (AvgIpc) is 2.39. The van der Waals surface area contributed by atoms with Crippen LogP contribution in [0.4, 0.5) is 15.9 Å². The van der Waals surface area contributed by atoms with Crippen LogP contribution in [0.25, 0.3) is 6.08 Å². The fraction of sp³-hybridized carbons (Fsp3) is 0.0625. The molecule has 0 saturated heterocycles. The molecule has 2 heteroatoms. The summed E-state index contributed by atoms with van der Waals surface area (Å²) < 4.78 is 14.2. The van der Waals surface area contributed by atoms with Crippen LogP contribution in [0.1, 0.15) is 11.1 Å². The summed E-state index contributed by atoms with van der Waals surface area (Å²) in [6, 6.07) is 14.4. The van der Waals surface area contributed by atoms with Gasteiger partial charge in [-0.1, -0.05) is 40.9 Å². The molecule has 0 aliphatic carbocycles. The normalized spacial score (nSPS) is 9.67. The number of aryl methyl sites for hydroxylation is 1. The molecule has 90 valence electrons. The van der Waals surface area contributed by atoms with E-state index in [1.54, 1.807) is 36.4 Å². The predicted octanol–water partition coefficient (Wildman–Crippen LogP) is 4.82. The fourth-order valence-electron chi connectivity index (χ4n) is 1.68. The van der Waals surface area contributed by atoms with Crippen molar-refractivity contribution in [3.8, 4) is 0 Å². The van der Waals surface area contributed by atoms with Crippen LogP contribution in [0.5, 0.6) is 0 Å². The standard InChI is InChI=1S/C16H14FN/c1-3-5-14-6-4-7-16(12-14)18(17)15-10-8-13(2)9-11-15/h4-12H,1H2,2H3. The van der Waals surface area contributed by atoms with Gasteiger partial charge in [0.05, 0.1) is 11.4 Å². The summed E-state index contributed by atoms with van der Waals surface area (Å²) in [7, 11) is 0. The van der Waals surface area contributed by atoms with E-state index in [9.17, 15) is 4.48 Å². The Kier molecular flexibility index (Phi) is 3.61. The first kappa shape index (κ1) is 12.2. The van der Waals surface area contributed by atoms with E-state index in [4.69, 9.17) is 0 Å². The Morgan fingerprint density at radius 1 is 1.11 bits per heavy atom. The summed E-state index contributed by atoms with van der Waals surface area (Å²) in [5, 5.41) is 0.667. The average molecular weight is 239 g/mol. The van der Waals surface area contributed by atoms with Crippen LogP contribution in [-0.2, 0) is 0 Å². The Morgan fingerprint density at radius 3 is 2.50 bits per heavy atom. The van der Waals surface area contributed by atoms with Crippen molar-refractivity contribution in [2.24, 2.45) is 0 Å². The van der Waals surface area contributed by atoms with E-state index in [-0.39, 0.29) is 0 Å². The number of nitrogens with zero attached hydrogens (tertiary/aromatic N) is 1. The first-order valence-electron chi connectivity index (χ1n) is 5.69. The molecule has 2 rings (SSSR count). The Hall–Kier alpha value is -2.31. The zero-order valence-corrected chi connectivity index (χ0v) is 10.2. The van der Waals surface area contributed by atoms with Crippen molar-refractivity contribution in [3.05, 3.63) is 72.0 Å². The lowest BCUT2D eigenvalue weighted by molar-refractivity contribution is 0.505. The van der Waals surface area contributed by atoms with E-state index in [0.717, 1.165) is 11.1 Å². The lowest BCUT2D eigenvalue weighted by atomic mass is 10.2. The van der Waals surface area contributed by atoms with Gasteiger partial charge in [0.1, 0.15) is 0 Å². The van der Waals surface area contributed by atoms with Crippen molar-refractivity contribution in [1.29, 1.82) is 0 Å². The second-order valence-electron chi connectivity index (χ2n) is 4.06. The first-order chi connectivity index (χ1) is 8.70. The van der Waals surface area contributed by atoms with Crippen molar-refractivity contribution in [1.82, 2.24) is 0 Å². The van der Waals surface area contributed by atoms with Crippen molar-refractivity contribution in [3.63, 3.8) is 0 Å². The highest BCUT2D eigenvalue weighted by Gasteiger charge is 2.07. The molecule has 0 N–H and O–H groups in total. The second kappa shape index (κ2) is 5.35. The van der Waals surface area contributed by atoms with E-state index in [0.29, 0.717) is 16.5 Å². The Bertz CT molecular complexity index is 580. The van der Waals surface area contributed by atoms with Crippen LogP contribution in [0.3, 0.4) is 0 Å². The molecule has 0 radical (unpaired) electrons. The monoisotopic (exact) mass is 239 g/mol. The van der Waals surface area contributed by atoms with Gasteiger partial charge < -0.3 is 0 Å². The molecule has 0 aliphatic heterocycles. The minimum atomic E-state index is 0.489. The molecular formula is C16H14FN. The van der Waals surface area contributed by atoms with Gasteiger partial charge in [0.2, 0.25) is 0 Å². The van der Waals surface area contributed by atoms with Crippen molar-refractivity contribution in [2.75, 3.05) is 5.12 Å². The minimum Gasteiger partial charge on any atom is -0.180 e. The van der Waals surface area contributed by atoms with Crippen molar-refractivity contribution >= 4 is 17.5 Å². The lowest BCUT2D eigenvalue weighted by Gasteiger charge is -2.14. The number of halogens is 1. The van der Waals surface area contributed by atoms with Gasteiger partial charge in [-0.25, -0.2) is 0 Å². The zero-order chi connectivity index (χ0) is 13.0. The molecule has 0 saturated carbocycles. The van der Waals surface area contributed by atoms with Gasteiger partial charge in [-0.3, -0.25) is 0 Å². The van der Waals surface area contributed by atoms with E-state index in [1.807, 2.05) is 25.1 Å². The minimum absolute atomic E-state index is 0.489. The molecule has 0 unspecified atom stereocenters. The number of rotatable bonds is 3. The zero-order valence-electron chi connectivity index (χ0n) is 10.2. The topological polar surface area (TPSA) is 3.24 Å². The van der Waals surface area contributed by atoms with Gasteiger partial charge in [0.15, 0.2) is 0 Å². The molecule has 18 heavy (non-hydrogen) atoms. The quantitative estimate of drug-likeness (QED) is 0.548. The van der Waals surface area contributed by atoms with Gasteiger partial charge in [-0.05, 0) is 42.8 Å². The van der Waals surface area contributed by atoms with Crippen LogP contribution in [0.15, 0.2) is 60.8 Å². The van der Waals surface area contributed by atoms with Gasteiger partial charge in [-0.2, -0.15) is 5.12 Å². The Balaban J connectivity index is 2.33. The van der Waals surface area contributed by atoms with E-state index < -0.39 is 0 Å². The van der Waals surface area contributed by atoms with Gasteiger partial charge >= 0.3 is 0 Å². The molecule has 0 amide bonds. The van der Waals surface area contributed by atoms with Crippen molar-refractivity contribution < 1.29 is 4.48 Å². The molecule has 0 aliphatic rings. The highest BCUT2D eigenvalue weighted by atomic mass is 19.2. The molecule has 0 aromatic heterocycles. The summed E-state index contributed by atoms with van der Waals surface area (Å²) in [5.74, 6) is 0. The third kappa shape index (κ3) is 2.68. The number of hydrogen-bond acceptors (Lipinski definition) is 1. The SMILES string of the molecule is C=C=Cc1cccc(N(F)c2ccc(C)cc2)c1. The molecule has 2 aromatic rings. The van der Waals surface area contributed by atoms with E-state index in [1.165, 1.54) is 0 Å². The largest absolute Gasteiger partial charge is 0.180 e. The van der Waals surface area contributed by atoms with Crippen LogP contribution in [0, 0.1) is 6.92 Å². The molecule has 1 nitrogen and oxygen atoms in total. The predicted molar refractivity (Wildman–Crippen MR) is 74.5 cm³/mol. The number of hydrogen-bond donors (Lipinski definition) is 0. The number of benzene rings is 2. The van der Waals surface area contributed by atoms with E-state index in [2.05, 4.69) is 12.3 Å². The summed E-state index contributed by atoms with van der Waals surface area (Å²) in [5.41, 5.74) is 5.66. The molecule has 0 fully saturated rings. The molecule has 0 atom stereocenters. The van der Waals surface area contributed by atoms with Crippen LogP contribution in [-0.4, -0.2) is 0 Å². The van der Waals surface area contributed by atoms with Gasteiger partial charge in [0, 0.05) is 0 Å². The van der Waals surface area contributed by atoms with Crippen LogP contribution >= 0.6 is 0 Å². The molecule has 0 heterocycles. The third-order valence-electron chi connectivity index (χ3n) is 2.63. The van der Waals surface area contributed by atoms with Gasteiger partial charge in [0.25, 0.3) is 0 Å². The van der Waals surface area contributed by atoms with E-state index >= 15 is 0 Å². The highest BCUT2D eigenvalue weighted by Crippen LogP contribution is 2.26. The fourth-order valence-corrected chi connectivity index (χ4v) is 1.68. The Labute approximate surface area is 106 Å². The molecular weight excluding hydrogens is 225 g/mol. The maximum atomic E-state index is 14.2. The highest BCUT2D eigenvalue weighted by molar-refractivity contribution is 5.64. The molecule has 0 bridgehead atoms. The smallest absolute Gasteiger partial charge is 0.0753 e. The Morgan fingerprint density at radius 2 is 1.83 bits per heavy atom. The second-order valence-corrected chi connectivity index (χ2v) is 4.06. The maximum Gasteiger partial charge on any atom is 0.0753 e. The summed E-state index contributed by atoms with van der Waals surface area (Å²) >= 11 is 0. The summed E-state index contributed by atoms with van der Waals surface area (Å²) in [4.78, 5) is 0.